The van der Waals surface area contributed by atoms with E-state index >= 15 is 0 Å². The van der Waals surface area contributed by atoms with Gasteiger partial charge in [-0.2, -0.15) is 0 Å². The van der Waals surface area contributed by atoms with Gasteiger partial charge in [-0.3, -0.25) is 0 Å². The Morgan fingerprint density at radius 2 is 0.905 bits per heavy atom. The highest BCUT2D eigenvalue weighted by molar-refractivity contribution is 6.09. The van der Waals surface area contributed by atoms with Gasteiger partial charge >= 0.3 is 0 Å². The van der Waals surface area contributed by atoms with Gasteiger partial charge in [0.15, 0.2) is 0 Å². The van der Waals surface area contributed by atoms with Gasteiger partial charge < -0.3 is 14.2 Å². The maximum atomic E-state index is 7.08. The molecule has 0 amide bonds. The summed E-state index contributed by atoms with van der Waals surface area (Å²) in [6.07, 6.45) is 5.19. The van der Waals surface area contributed by atoms with Crippen LogP contribution in [0.3, 0.4) is 0 Å². The van der Waals surface area contributed by atoms with Crippen LogP contribution < -0.4 is 9.64 Å². The number of hydrogen-bond donors (Lipinski definition) is 0. The van der Waals surface area contributed by atoms with E-state index in [0.717, 1.165) is 51.6 Å². The van der Waals surface area contributed by atoms with Gasteiger partial charge in [0.2, 0.25) is 0 Å². The number of aryl methyl sites for hydroxylation is 1. The van der Waals surface area contributed by atoms with Crippen molar-refractivity contribution >= 4 is 38.9 Å². The van der Waals surface area contributed by atoms with Crippen molar-refractivity contribution in [1.29, 1.82) is 0 Å². The normalized spacial score (nSPS) is 19.6. The Kier molecular flexibility index (Phi) is 10.2. The van der Waals surface area contributed by atoms with Gasteiger partial charge in [-0.05, 0) is 156 Å². The fourth-order valence-corrected chi connectivity index (χ4v) is 11.4. The van der Waals surface area contributed by atoms with Crippen LogP contribution in [0, 0.1) is 30.6 Å². The minimum absolute atomic E-state index is 0.504. The third-order valence-electron chi connectivity index (χ3n) is 14.2. The summed E-state index contributed by atoms with van der Waals surface area (Å²) >= 11 is 0. The SMILES string of the molecule is Cc1ccccc1Oc1cc(N(c2ccc(-c3ccccc3)cc2)c2ccc(-c3ccc(-n4c5ccccc5c5ccccc54)cc3)cc2)ccc1C1[C@H]2C[C@H](C)C[C@H]1C[C@H](C)C2. The first-order chi connectivity index (χ1) is 30.9. The minimum Gasteiger partial charge on any atom is -0.457 e. The summed E-state index contributed by atoms with van der Waals surface area (Å²) in [4.78, 5) is 2.39. The number of ether oxygens (including phenoxy) is 1. The molecule has 3 heteroatoms. The average molecular weight is 819 g/mol. The first kappa shape index (κ1) is 39.0. The van der Waals surface area contributed by atoms with Gasteiger partial charge in [0.25, 0.3) is 0 Å². The van der Waals surface area contributed by atoms with E-state index in [-0.39, 0.29) is 0 Å². The lowest BCUT2D eigenvalue weighted by molar-refractivity contribution is 0.0784. The van der Waals surface area contributed by atoms with Gasteiger partial charge in [0.05, 0.1) is 11.0 Å². The van der Waals surface area contributed by atoms with E-state index in [4.69, 9.17) is 4.74 Å². The van der Waals surface area contributed by atoms with E-state index < -0.39 is 0 Å². The van der Waals surface area contributed by atoms with Crippen molar-refractivity contribution in [1.82, 2.24) is 4.57 Å². The number of benzene rings is 8. The van der Waals surface area contributed by atoms with E-state index in [1.165, 1.54) is 75.3 Å². The second kappa shape index (κ2) is 16.5. The first-order valence-electron chi connectivity index (χ1n) is 23.0. The molecule has 63 heavy (non-hydrogen) atoms. The van der Waals surface area contributed by atoms with Gasteiger partial charge in [-0.15, -0.1) is 0 Å². The van der Waals surface area contributed by atoms with E-state index in [1.807, 2.05) is 0 Å². The molecule has 2 aliphatic rings. The molecule has 8 aromatic carbocycles. The van der Waals surface area contributed by atoms with E-state index in [0.29, 0.717) is 17.8 Å². The van der Waals surface area contributed by atoms with Crippen LogP contribution in [0.2, 0.25) is 0 Å². The van der Waals surface area contributed by atoms with Crippen LogP contribution in [0.5, 0.6) is 11.5 Å². The van der Waals surface area contributed by atoms with Crippen molar-refractivity contribution in [2.45, 2.75) is 52.4 Å². The van der Waals surface area contributed by atoms with Crippen LogP contribution >= 0.6 is 0 Å². The summed E-state index contributed by atoms with van der Waals surface area (Å²) < 4.78 is 9.46. The molecule has 0 N–H and O–H groups in total. The Hall–Kier alpha value is -6.84. The zero-order valence-electron chi connectivity index (χ0n) is 36.5. The summed E-state index contributed by atoms with van der Waals surface area (Å²) in [5, 5.41) is 2.55. The summed E-state index contributed by atoms with van der Waals surface area (Å²) in [6.45, 7) is 7.08. The highest BCUT2D eigenvalue weighted by Gasteiger charge is 2.43. The second-order valence-corrected chi connectivity index (χ2v) is 18.5. The van der Waals surface area contributed by atoms with Crippen LogP contribution in [0.4, 0.5) is 17.1 Å². The van der Waals surface area contributed by atoms with Crippen LogP contribution in [0.1, 0.15) is 56.6 Å². The fourth-order valence-electron chi connectivity index (χ4n) is 11.4. The number of para-hydroxylation sites is 3. The molecule has 0 radical (unpaired) electrons. The highest BCUT2D eigenvalue weighted by atomic mass is 16.5. The number of hydrogen-bond acceptors (Lipinski definition) is 2. The average Bonchev–Trinajstić information content (AvgIpc) is 3.65. The Morgan fingerprint density at radius 3 is 1.46 bits per heavy atom. The van der Waals surface area contributed by atoms with Gasteiger partial charge in [-0.25, -0.2) is 0 Å². The lowest BCUT2D eigenvalue weighted by atomic mass is 9.57. The van der Waals surface area contributed by atoms with E-state index in [1.54, 1.807) is 0 Å². The molecule has 2 fully saturated rings. The van der Waals surface area contributed by atoms with Crippen molar-refractivity contribution in [3.63, 3.8) is 0 Å². The molecular weight excluding hydrogens is 765 g/mol. The van der Waals surface area contributed by atoms with Crippen LogP contribution in [0.15, 0.2) is 194 Å². The molecule has 0 atom stereocenters. The van der Waals surface area contributed by atoms with Crippen molar-refractivity contribution in [2.75, 3.05) is 4.90 Å². The molecule has 0 saturated heterocycles. The third-order valence-corrected chi connectivity index (χ3v) is 14.2. The second-order valence-electron chi connectivity index (χ2n) is 18.5. The lowest BCUT2D eigenvalue weighted by Crippen LogP contribution is -2.37. The summed E-state index contributed by atoms with van der Waals surface area (Å²) in [7, 11) is 0. The van der Waals surface area contributed by atoms with E-state index in [9.17, 15) is 0 Å². The quantitative estimate of drug-likeness (QED) is 0.144. The molecule has 2 saturated carbocycles. The standard InChI is InChI=1S/C60H54N2O/c1-40-35-47-37-41(2)38-48(36-40)60(47)55-34-33-52(39-59(55)63-58-20-12-7-13-42(58)3)61(49-27-21-44(22-28-49)43-14-5-4-6-15-43)50-29-23-45(24-30-50)46-25-31-51(32-26-46)62-56-18-10-8-16-53(56)54-17-9-11-19-57(54)62/h4-34,39-41,47-48,60H,35-38H2,1-3H3/t40-,41+,47-,48-,60?. The molecule has 0 spiro atoms. The van der Waals surface area contributed by atoms with Crippen LogP contribution in [-0.2, 0) is 0 Å². The zero-order valence-corrected chi connectivity index (χ0v) is 36.5. The van der Waals surface area contributed by atoms with Gasteiger partial charge in [0.1, 0.15) is 11.5 Å². The highest BCUT2D eigenvalue weighted by Crippen LogP contribution is 2.56. The molecule has 9 aromatic rings. The number of nitrogens with zero attached hydrogens (tertiary/aromatic N) is 2. The maximum absolute atomic E-state index is 7.08. The predicted molar refractivity (Wildman–Crippen MR) is 264 cm³/mol. The summed E-state index contributed by atoms with van der Waals surface area (Å²) in [6, 6.07) is 70.7. The fraction of sp³-hybridized carbons (Fsp3) is 0.200. The summed E-state index contributed by atoms with van der Waals surface area (Å²) in [5.74, 6) is 5.32. The van der Waals surface area contributed by atoms with Crippen molar-refractivity contribution in [3.05, 3.63) is 205 Å². The monoisotopic (exact) mass is 818 g/mol. The molecule has 1 heterocycles. The molecule has 310 valence electrons. The van der Waals surface area contributed by atoms with Crippen molar-refractivity contribution in [3.8, 4) is 39.4 Å². The number of rotatable bonds is 9. The Bertz CT molecular complexity index is 2950. The van der Waals surface area contributed by atoms with E-state index in [2.05, 4.69) is 224 Å². The molecule has 0 unspecified atom stereocenters. The van der Waals surface area contributed by atoms with Crippen LogP contribution in [0.25, 0.3) is 49.7 Å². The molecular formula is C60H54N2O. The molecule has 3 nitrogen and oxygen atoms in total. The minimum atomic E-state index is 0.504. The molecule has 1 aromatic heterocycles. The third kappa shape index (κ3) is 7.40. The van der Waals surface area contributed by atoms with Crippen LogP contribution in [-0.4, -0.2) is 4.57 Å². The molecule has 0 aliphatic heterocycles. The molecule has 2 bridgehead atoms. The topological polar surface area (TPSA) is 17.4 Å². The van der Waals surface area contributed by atoms with Crippen molar-refractivity contribution < 1.29 is 4.74 Å². The Labute approximate surface area is 372 Å². The maximum Gasteiger partial charge on any atom is 0.133 e. The first-order valence-corrected chi connectivity index (χ1v) is 23.0. The largest absolute Gasteiger partial charge is 0.457 e. The van der Waals surface area contributed by atoms with Gasteiger partial charge in [0, 0.05) is 39.6 Å². The number of fused-ring (bicyclic) bond motifs is 5. The number of anilines is 3. The zero-order chi connectivity index (χ0) is 42.4. The van der Waals surface area contributed by atoms with Gasteiger partial charge in [-0.1, -0.05) is 141 Å². The summed E-state index contributed by atoms with van der Waals surface area (Å²) in [5.41, 5.74) is 14.2. The Morgan fingerprint density at radius 1 is 0.444 bits per heavy atom. The molecule has 2 aliphatic carbocycles. The molecule has 11 rings (SSSR count). The lowest BCUT2D eigenvalue weighted by Gasteiger charge is -2.48. The predicted octanol–water partition coefficient (Wildman–Crippen LogP) is 16.9. The Balaban J connectivity index is 0.983. The number of aromatic nitrogens is 1. The smallest absolute Gasteiger partial charge is 0.133 e. The van der Waals surface area contributed by atoms with Crippen molar-refractivity contribution in [2.24, 2.45) is 23.7 Å².